The van der Waals surface area contributed by atoms with Crippen LogP contribution in [0.15, 0.2) is 18.2 Å². The number of rotatable bonds is 6. The second-order valence-electron chi connectivity index (χ2n) is 4.90. The van der Waals surface area contributed by atoms with Gasteiger partial charge in [-0.1, -0.05) is 23.2 Å². The Kier molecular flexibility index (Phi) is 7.10. The van der Waals surface area contributed by atoms with E-state index in [4.69, 9.17) is 23.2 Å². The molecule has 2 atom stereocenters. The number of hydrogen-bond donors (Lipinski definition) is 2. The molecule has 3 nitrogen and oxygen atoms in total. The molecule has 1 saturated carbocycles. The third-order valence-corrected chi connectivity index (χ3v) is 3.78. The van der Waals surface area contributed by atoms with E-state index in [2.05, 4.69) is 10.6 Å². The number of carbonyl (C=O) groups is 1. The summed E-state index contributed by atoms with van der Waals surface area (Å²) in [5.74, 6) is 0.474. The topological polar surface area (TPSA) is 41.1 Å². The Morgan fingerprint density at radius 2 is 1.90 bits per heavy atom. The summed E-state index contributed by atoms with van der Waals surface area (Å²) in [5, 5.41) is 7.27. The number of benzene rings is 1. The predicted molar refractivity (Wildman–Crippen MR) is 86.1 cm³/mol. The van der Waals surface area contributed by atoms with E-state index < -0.39 is 0 Å². The van der Waals surface area contributed by atoms with Gasteiger partial charge in [-0.15, -0.1) is 12.4 Å². The van der Waals surface area contributed by atoms with Crippen LogP contribution in [-0.2, 0) is 4.79 Å². The highest BCUT2D eigenvalue weighted by atomic mass is 35.5. The van der Waals surface area contributed by atoms with Crippen molar-refractivity contribution in [2.45, 2.75) is 18.8 Å². The molecular weight excluding hydrogens is 319 g/mol. The molecule has 0 saturated heterocycles. The zero-order valence-electron chi connectivity index (χ0n) is 11.3. The van der Waals surface area contributed by atoms with Crippen LogP contribution in [0.4, 0.5) is 0 Å². The van der Waals surface area contributed by atoms with Crippen molar-refractivity contribution in [1.29, 1.82) is 0 Å². The highest BCUT2D eigenvalue weighted by Crippen LogP contribution is 2.48. The summed E-state index contributed by atoms with van der Waals surface area (Å²) in [6.45, 7) is 1.64. The Hall–Kier alpha value is -0.480. The van der Waals surface area contributed by atoms with Gasteiger partial charge in [0.1, 0.15) is 0 Å². The average molecular weight is 338 g/mol. The first-order chi connectivity index (χ1) is 9.11. The van der Waals surface area contributed by atoms with Crippen LogP contribution in [0.2, 0.25) is 10.0 Å². The van der Waals surface area contributed by atoms with Crippen LogP contribution in [0.25, 0.3) is 0 Å². The summed E-state index contributed by atoms with van der Waals surface area (Å²) >= 11 is 12.0. The Morgan fingerprint density at radius 3 is 2.50 bits per heavy atom. The second kappa shape index (κ2) is 8.08. The lowest BCUT2D eigenvalue weighted by molar-refractivity contribution is -0.122. The molecule has 6 heteroatoms. The Balaban J connectivity index is 0.00000200. The van der Waals surface area contributed by atoms with Crippen LogP contribution < -0.4 is 10.6 Å². The third-order valence-electron chi connectivity index (χ3n) is 3.34. The molecule has 1 amide bonds. The van der Waals surface area contributed by atoms with E-state index in [1.807, 2.05) is 19.2 Å². The van der Waals surface area contributed by atoms with Gasteiger partial charge >= 0.3 is 0 Å². The normalized spacial score (nSPS) is 20.1. The highest BCUT2D eigenvalue weighted by molar-refractivity contribution is 6.34. The zero-order valence-corrected chi connectivity index (χ0v) is 13.6. The second-order valence-corrected chi connectivity index (χ2v) is 5.77. The number of carbonyl (C=O) groups excluding carboxylic acids is 1. The summed E-state index contributed by atoms with van der Waals surface area (Å²) in [7, 11) is 1.90. The summed E-state index contributed by atoms with van der Waals surface area (Å²) < 4.78 is 0. The van der Waals surface area contributed by atoms with Gasteiger partial charge in [-0.25, -0.2) is 0 Å². The van der Waals surface area contributed by atoms with E-state index in [1.54, 1.807) is 6.07 Å². The van der Waals surface area contributed by atoms with E-state index in [1.165, 1.54) is 0 Å². The lowest BCUT2D eigenvalue weighted by Gasteiger charge is -2.05. The van der Waals surface area contributed by atoms with Crippen LogP contribution in [0.1, 0.15) is 24.3 Å². The van der Waals surface area contributed by atoms with E-state index >= 15 is 0 Å². The molecule has 0 bridgehead atoms. The van der Waals surface area contributed by atoms with Gasteiger partial charge in [-0.3, -0.25) is 4.79 Å². The lowest BCUT2D eigenvalue weighted by Crippen LogP contribution is -2.28. The van der Waals surface area contributed by atoms with Gasteiger partial charge < -0.3 is 10.6 Å². The van der Waals surface area contributed by atoms with Gasteiger partial charge in [0.2, 0.25) is 5.91 Å². The van der Waals surface area contributed by atoms with Gasteiger partial charge in [0.15, 0.2) is 0 Å². The molecule has 2 rings (SSSR count). The van der Waals surface area contributed by atoms with Crippen molar-refractivity contribution in [3.63, 3.8) is 0 Å². The fourth-order valence-corrected chi connectivity index (χ4v) is 2.79. The van der Waals surface area contributed by atoms with Crippen molar-refractivity contribution in [2.24, 2.45) is 5.92 Å². The largest absolute Gasteiger partial charge is 0.356 e. The third kappa shape index (κ3) is 4.81. The molecule has 1 fully saturated rings. The number of nitrogens with one attached hydrogen (secondary N) is 2. The van der Waals surface area contributed by atoms with E-state index in [-0.39, 0.29) is 30.2 Å². The van der Waals surface area contributed by atoms with E-state index in [0.717, 1.165) is 31.5 Å². The molecule has 0 aliphatic heterocycles. The zero-order chi connectivity index (χ0) is 13.8. The van der Waals surface area contributed by atoms with Crippen molar-refractivity contribution in [2.75, 3.05) is 20.1 Å². The fourth-order valence-electron chi connectivity index (χ4n) is 2.25. The molecule has 0 spiro atoms. The molecule has 1 aromatic carbocycles. The van der Waals surface area contributed by atoms with E-state index in [9.17, 15) is 4.79 Å². The first-order valence-electron chi connectivity index (χ1n) is 6.50. The summed E-state index contributed by atoms with van der Waals surface area (Å²) in [4.78, 5) is 11.9. The van der Waals surface area contributed by atoms with E-state index in [0.29, 0.717) is 10.0 Å². The Morgan fingerprint density at radius 1 is 1.25 bits per heavy atom. The minimum Gasteiger partial charge on any atom is -0.356 e. The Labute approximate surface area is 135 Å². The molecule has 0 radical (unpaired) electrons. The van der Waals surface area contributed by atoms with Crippen LogP contribution in [-0.4, -0.2) is 26.0 Å². The van der Waals surface area contributed by atoms with Crippen LogP contribution >= 0.6 is 35.6 Å². The van der Waals surface area contributed by atoms with Crippen molar-refractivity contribution in [1.82, 2.24) is 10.6 Å². The van der Waals surface area contributed by atoms with Crippen molar-refractivity contribution in [3.05, 3.63) is 33.8 Å². The Bertz CT molecular complexity index is 447. The molecule has 112 valence electrons. The predicted octanol–water partition coefficient (Wildman–Crippen LogP) is 3.24. The molecule has 0 heterocycles. The SMILES string of the molecule is CNCCCNC(=O)C1CC1c1cc(Cl)cc(Cl)c1.Cl. The van der Waals surface area contributed by atoms with Gasteiger partial charge in [0.25, 0.3) is 0 Å². The van der Waals surface area contributed by atoms with Crippen molar-refractivity contribution in [3.8, 4) is 0 Å². The average Bonchev–Trinajstić information content (AvgIpc) is 3.13. The first-order valence-corrected chi connectivity index (χ1v) is 7.25. The van der Waals surface area contributed by atoms with Crippen molar-refractivity contribution >= 4 is 41.5 Å². The smallest absolute Gasteiger partial charge is 0.223 e. The summed E-state index contributed by atoms with van der Waals surface area (Å²) in [6.07, 6.45) is 1.83. The minimum absolute atomic E-state index is 0. The fraction of sp³-hybridized carbons (Fsp3) is 0.500. The standard InChI is InChI=1S/C14H18Cl2N2O.ClH/c1-17-3-2-4-18-14(19)13-8-12(13)9-5-10(15)7-11(16)6-9;/h5-7,12-13,17H,2-4,8H2,1H3,(H,18,19);1H. The number of halogens is 3. The first kappa shape index (κ1) is 17.6. The molecule has 20 heavy (non-hydrogen) atoms. The molecule has 1 aromatic rings. The van der Waals surface area contributed by atoms with Crippen LogP contribution in [0, 0.1) is 5.92 Å². The van der Waals surface area contributed by atoms with Gasteiger partial charge in [-0.05, 0) is 56.1 Å². The number of hydrogen-bond acceptors (Lipinski definition) is 2. The molecule has 0 aromatic heterocycles. The van der Waals surface area contributed by atoms with Gasteiger partial charge in [0.05, 0.1) is 0 Å². The van der Waals surface area contributed by atoms with Gasteiger partial charge in [-0.2, -0.15) is 0 Å². The van der Waals surface area contributed by atoms with Crippen LogP contribution in [0.3, 0.4) is 0 Å². The van der Waals surface area contributed by atoms with Gasteiger partial charge in [0, 0.05) is 22.5 Å². The maximum Gasteiger partial charge on any atom is 0.223 e. The maximum atomic E-state index is 11.9. The quantitative estimate of drug-likeness (QED) is 0.782. The molecule has 2 N–H and O–H groups in total. The lowest BCUT2D eigenvalue weighted by atomic mass is 10.1. The molecule has 2 unspecified atom stereocenters. The monoisotopic (exact) mass is 336 g/mol. The van der Waals surface area contributed by atoms with Crippen molar-refractivity contribution < 1.29 is 4.79 Å². The number of amides is 1. The minimum atomic E-state index is 0. The van der Waals surface area contributed by atoms with Crippen LogP contribution in [0.5, 0.6) is 0 Å². The molecule has 1 aliphatic rings. The summed E-state index contributed by atoms with van der Waals surface area (Å²) in [5.41, 5.74) is 1.06. The molecular formula is C14H19Cl3N2O. The highest BCUT2D eigenvalue weighted by Gasteiger charge is 2.43. The summed E-state index contributed by atoms with van der Waals surface area (Å²) in [6, 6.07) is 5.50. The molecule has 1 aliphatic carbocycles. The maximum absolute atomic E-state index is 11.9.